The zero-order chi connectivity index (χ0) is 14.5. The first-order valence-corrected chi connectivity index (χ1v) is 6.86. The Morgan fingerprint density at radius 1 is 1.25 bits per heavy atom. The van der Waals surface area contributed by atoms with Gasteiger partial charge >= 0.3 is 12.0 Å². The van der Waals surface area contributed by atoms with Crippen LogP contribution in [0, 0.1) is 0 Å². The molecule has 0 saturated carbocycles. The van der Waals surface area contributed by atoms with Gasteiger partial charge in [0.1, 0.15) is 0 Å². The van der Waals surface area contributed by atoms with Gasteiger partial charge in [0.05, 0.1) is 16.4 Å². The number of aromatic carboxylic acids is 1. The average molecular weight is 311 g/mol. The summed E-state index contributed by atoms with van der Waals surface area (Å²) in [5, 5.41) is 14.1. The van der Waals surface area contributed by atoms with Crippen LogP contribution in [0.5, 0.6) is 0 Å². The van der Waals surface area contributed by atoms with Gasteiger partial charge < -0.3 is 15.7 Å². The fourth-order valence-corrected chi connectivity index (χ4v) is 2.55. The fourth-order valence-electron chi connectivity index (χ4n) is 1.52. The van der Waals surface area contributed by atoms with Crippen molar-refractivity contribution in [3.05, 3.63) is 51.2 Å². The highest BCUT2D eigenvalue weighted by Crippen LogP contribution is 2.21. The van der Waals surface area contributed by atoms with Crippen molar-refractivity contribution in [1.29, 1.82) is 0 Å². The lowest BCUT2D eigenvalue weighted by atomic mass is 10.2. The molecule has 0 aliphatic rings. The van der Waals surface area contributed by atoms with Crippen molar-refractivity contribution in [3.8, 4) is 0 Å². The molecule has 0 bridgehead atoms. The van der Waals surface area contributed by atoms with E-state index in [9.17, 15) is 9.59 Å². The van der Waals surface area contributed by atoms with Gasteiger partial charge in [-0.25, -0.2) is 9.59 Å². The molecule has 2 aromatic rings. The summed E-state index contributed by atoms with van der Waals surface area (Å²) >= 11 is 7.17. The van der Waals surface area contributed by atoms with Crippen molar-refractivity contribution in [3.63, 3.8) is 0 Å². The van der Waals surface area contributed by atoms with E-state index in [0.717, 1.165) is 4.88 Å². The third-order valence-electron chi connectivity index (χ3n) is 2.42. The van der Waals surface area contributed by atoms with Crippen LogP contribution < -0.4 is 10.6 Å². The Hall–Kier alpha value is -2.05. The second-order valence-corrected chi connectivity index (χ2v) is 5.70. The highest BCUT2D eigenvalue weighted by atomic mass is 35.5. The maximum Gasteiger partial charge on any atom is 0.335 e. The Bertz CT molecular complexity index is 642. The second kappa shape index (κ2) is 6.40. The number of amides is 2. The number of urea groups is 1. The van der Waals surface area contributed by atoms with E-state index in [2.05, 4.69) is 10.6 Å². The van der Waals surface area contributed by atoms with Crippen LogP contribution in [-0.2, 0) is 6.54 Å². The third kappa shape index (κ3) is 3.97. The summed E-state index contributed by atoms with van der Waals surface area (Å²) in [6.45, 7) is 0.363. The zero-order valence-electron chi connectivity index (χ0n) is 10.2. The summed E-state index contributed by atoms with van der Waals surface area (Å²) in [5.41, 5.74) is 0.541. The highest BCUT2D eigenvalue weighted by molar-refractivity contribution is 7.16. The first-order chi connectivity index (χ1) is 9.54. The molecule has 20 heavy (non-hydrogen) atoms. The minimum Gasteiger partial charge on any atom is -0.478 e. The van der Waals surface area contributed by atoms with Gasteiger partial charge in [0.2, 0.25) is 0 Å². The lowest BCUT2D eigenvalue weighted by molar-refractivity contribution is 0.0697. The number of hydrogen-bond acceptors (Lipinski definition) is 3. The smallest absolute Gasteiger partial charge is 0.335 e. The molecule has 1 heterocycles. The van der Waals surface area contributed by atoms with Crippen LogP contribution in [0.15, 0.2) is 36.4 Å². The number of anilines is 1. The molecule has 1 aromatic carbocycles. The predicted molar refractivity (Wildman–Crippen MR) is 78.6 cm³/mol. The number of carbonyl (C=O) groups excluding carboxylic acids is 1. The minimum atomic E-state index is -1.04. The predicted octanol–water partition coefficient (Wildman–Crippen LogP) is 3.42. The van der Waals surface area contributed by atoms with Gasteiger partial charge in [-0.05, 0) is 30.3 Å². The van der Waals surface area contributed by atoms with E-state index in [0.29, 0.717) is 16.6 Å². The molecule has 1 aromatic heterocycles. The molecule has 0 radical (unpaired) electrons. The summed E-state index contributed by atoms with van der Waals surface area (Å²) in [6, 6.07) is 9.22. The van der Waals surface area contributed by atoms with Crippen LogP contribution in [0.4, 0.5) is 10.5 Å². The van der Waals surface area contributed by atoms with Gasteiger partial charge in [-0.2, -0.15) is 0 Å². The molecule has 0 spiro atoms. The van der Waals surface area contributed by atoms with E-state index < -0.39 is 12.0 Å². The minimum absolute atomic E-state index is 0.118. The monoisotopic (exact) mass is 310 g/mol. The normalized spacial score (nSPS) is 10.1. The molecule has 2 rings (SSSR count). The van der Waals surface area contributed by atoms with Gasteiger partial charge in [0.15, 0.2) is 0 Å². The molecule has 104 valence electrons. The van der Waals surface area contributed by atoms with Crippen LogP contribution in [0.3, 0.4) is 0 Å². The number of nitrogens with one attached hydrogen (secondary N) is 2. The number of carboxylic acid groups (broad SMARTS) is 1. The number of carbonyl (C=O) groups is 2. The first-order valence-electron chi connectivity index (χ1n) is 5.67. The first kappa shape index (κ1) is 14.4. The molecule has 0 fully saturated rings. The van der Waals surface area contributed by atoms with Crippen LogP contribution in [0.1, 0.15) is 15.2 Å². The standard InChI is InChI=1S/C13H11ClN2O3S/c14-11-5-4-10(20-11)7-15-13(19)16-9-3-1-2-8(6-9)12(17)18/h1-6H,7H2,(H,17,18)(H2,15,16,19). The van der Waals surface area contributed by atoms with E-state index in [4.69, 9.17) is 16.7 Å². The van der Waals surface area contributed by atoms with E-state index in [-0.39, 0.29) is 5.56 Å². The number of halogens is 1. The Morgan fingerprint density at radius 3 is 2.70 bits per heavy atom. The SMILES string of the molecule is O=C(NCc1ccc(Cl)s1)Nc1cccc(C(=O)O)c1. The second-order valence-electron chi connectivity index (χ2n) is 3.90. The molecule has 5 nitrogen and oxygen atoms in total. The number of hydrogen-bond donors (Lipinski definition) is 3. The van der Waals surface area contributed by atoms with Crippen molar-refractivity contribution in [2.45, 2.75) is 6.54 Å². The van der Waals surface area contributed by atoms with E-state index >= 15 is 0 Å². The third-order valence-corrected chi connectivity index (χ3v) is 3.65. The summed E-state index contributed by atoms with van der Waals surface area (Å²) in [7, 11) is 0. The van der Waals surface area contributed by atoms with Gasteiger partial charge in [-0.3, -0.25) is 0 Å². The largest absolute Gasteiger partial charge is 0.478 e. The van der Waals surface area contributed by atoms with Crippen LogP contribution in [0.2, 0.25) is 4.34 Å². The molecular weight excluding hydrogens is 300 g/mol. The number of carboxylic acids is 1. The molecular formula is C13H11ClN2O3S. The maximum atomic E-state index is 11.7. The van der Waals surface area contributed by atoms with E-state index in [1.54, 1.807) is 18.2 Å². The molecule has 0 aliphatic heterocycles. The molecule has 3 N–H and O–H groups in total. The van der Waals surface area contributed by atoms with Crippen LogP contribution in [0.25, 0.3) is 0 Å². The summed E-state index contributed by atoms with van der Waals surface area (Å²) < 4.78 is 0.663. The van der Waals surface area contributed by atoms with E-state index in [1.165, 1.54) is 23.5 Å². The quantitative estimate of drug-likeness (QED) is 0.809. The van der Waals surface area contributed by atoms with Crippen LogP contribution >= 0.6 is 22.9 Å². The number of rotatable bonds is 4. The van der Waals surface area contributed by atoms with Crippen molar-refractivity contribution in [2.75, 3.05) is 5.32 Å². The summed E-state index contributed by atoms with van der Waals surface area (Å²) in [5.74, 6) is -1.04. The average Bonchev–Trinajstić information content (AvgIpc) is 2.82. The summed E-state index contributed by atoms with van der Waals surface area (Å²) in [6.07, 6.45) is 0. The molecule has 2 amide bonds. The van der Waals surface area contributed by atoms with Crippen molar-refractivity contribution < 1.29 is 14.7 Å². The lowest BCUT2D eigenvalue weighted by Crippen LogP contribution is -2.27. The Morgan fingerprint density at radius 2 is 2.05 bits per heavy atom. The molecule has 0 aliphatic carbocycles. The van der Waals surface area contributed by atoms with Gasteiger partial charge in [-0.15, -0.1) is 11.3 Å². The van der Waals surface area contributed by atoms with Gasteiger partial charge in [0.25, 0.3) is 0 Å². The summed E-state index contributed by atoms with van der Waals surface area (Å²) in [4.78, 5) is 23.4. The Kier molecular flexibility index (Phi) is 4.60. The molecule has 7 heteroatoms. The number of thiophene rings is 1. The molecule has 0 saturated heterocycles. The van der Waals surface area contributed by atoms with Crippen LogP contribution in [-0.4, -0.2) is 17.1 Å². The van der Waals surface area contributed by atoms with Crippen molar-refractivity contribution in [1.82, 2.24) is 5.32 Å². The Labute approximate surface area is 124 Å². The fraction of sp³-hybridized carbons (Fsp3) is 0.0769. The maximum absolute atomic E-state index is 11.7. The van der Waals surface area contributed by atoms with E-state index in [1.807, 2.05) is 6.07 Å². The highest BCUT2D eigenvalue weighted by Gasteiger charge is 2.06. The zero-order valence-corrected chi connectivity index (χ0v) is 11.8. The molecule has 0 atom stereocenters. The lowest BCUT2D eigenvalue weighted by Gasteiger charge is -2.07. The Balaban J connectivity index is 1.91. The topological polar surface area (TPSA) is 78.4 Å². The van der Waals surface area contributed by atoms with Crippen molar-refractivity contribution >= 4 is 40.6 Å². The van der Waals surface area contributed by atoms with Gasteiger partial charge in [0, 0.05) is 10.6 Å². The van der Waals surface area contributed by atoms with Gasteiger partial charge in [-0.1, -0.05) is 17.7 Å². The number of benzene rings is 1. The molecule has 0 unspecified atom stereocenters. The van der Waals surface area contributed by atoms with Crippen molar-refractivity contribution in [2.24, 2.45) is 0 Å².